The van der Waals surface area contributed by atoms with Crippen molar-refractivity contribution in [2.75, 3.05) is 33.1 Å². The average molecular weight is 320 g/mol. The summed E-state index contributed by atoms with van der Waals surface area (Å²) in [5.74, 6) is 2.45. The molecule has 1 heterocycles. The minimum Gasteiger partial charge on any atom is -0.497 e. The Labute approximate surface area is 135 Å². The summed E-state index contributed by atoms with van der Waals surface area (Å²) in [6.07, 6.45) is 0. The van der Waals surface area contributed by atoms with Crippen LogP contribution in [-0.4, -0.2) is 38.9 Å². The van der Waals surface area contributed by atoms with Crippen molar-refractivity contribution in [3.8, 4) is 11.5 Å². The van der Waals surface area contributed by atoms with Gasteiger partial charge in [-0.25, -0.2) is 0 Å². The number of quaternary nitrogens is 1. The molecule has 1 atom stereocenters. The van der Waals surface area contributed by atoms with Crippen LogP contribution in [0.15, 0.2) is 28.8 Å². The Hall–Kier alpha value is -2.54. The highest BCUT2D eigenvalue weighted by molar-refractivity contribution is 5.90. The molecule has 7 nitrogen and oxygen atoms in total. The van der Waals surface area contributed by atoms with Gasteiger partial charge in [0.1, 0.15) is 23.8 Å². The summed E-state index contributed by atoms with van der Waals surface area (Å²) in [5.41, 5.74) is 1.01. The molecular weight excluding hydrogens is 298 g/mol. The van der Waals surface area contributed by atoms with E-state index in [0.29, 0.717) is 24.7 Å². The highest BCUT2D eigenvalue weighted by atomic mass is 16.5. The summed E-state index contributed by atoms with van der Waals surface area (Å²) in [6.45, 7) is 2.73. The lowest BCUT2D eigenvalue weighted by Gasteiger charge is -2.16. The molecule has 0 saturated heterocycles. The number of rotatable bonds is 7. The van der Waals surface area contributed by atoms with Gasteiger partial charge in [-0.15, -0.1) is 0 Å². The third-order valence-electron chi connectivity index (χ3n) is 3.34. The van der Waals surface area contributed by atoms with E-state index in [1.54, 1.807) is 27.2 Å². The first kappa shape index (κ1) is 16.8. The molecule has 124 valence electrons. The topological polar surface area (TPSA) is 78.0 Å². The Morgan fingerprint density at radius 1 is 1.30 bits per heavy atom. The molecule has 0 spiro atoms. The normalized spacial score (nSPS) is 11.8. The third kappa shape index (κ3) is 4.72. The molecular formula is C16H22N3O4+. The SMILES string of the molecule is COc1ccc(C[NH+](C)CC(=O)Nc2cc(C)on2)c(OC)c1. The zero-order chi connectivity index (χ0) is 16.8. The van der Waals surface area contributed by atoms with E-state index in [4.69, 9.17) is 14.0 Å². The number of methoxy groups -OCH3 is 2. The van der Waals surface area contributed by atoms with Crippen LogP contribution in [0.2, 0.25) is 0 Å². The van der Waals surface area contributed by atoms with Crippen molar-refractivity contribution in [1.82, 2.24) is 5.16 Å². The lowest BCUT2D eigenvalue weighted by atomic mass is 10.2. The number of carbonyl (C=O) groups excluding carboxylic acids is 1. The number of aromatic nitrogens is 1. The monoisotopic (exact) mass is 320 g/mol. The van der Waals surface area contributed by atoms with Crippen molar-refractivity contribution >= 4 is 11.7 Å². The summed E-state index contributed by atoms with van der Waals surface area (Å²) in [7, 11) is 5.17. The molecule has 2 aromatic rings. The van der Waals surface area contributed by atoms with E-state index in [1.165, 1.54) is 0 Å². The van der Waals surface area contributed by atoms with Crippen molar-refractivity contribution in [2.24, 2.45) is 0 Å². The molecule has 23 heavy (non-hydrogen) atoms. The van der Waals surface area contributed by atoms with Crippen molar-refractivity contribution in [3.63, 3.8) is 0 Å². The van der Waals surface area contributed by atoms with Gasteiger partial charge in [0, 0.05) is 17.7 Å². The van der Waals surface area contributed by atoms with Crippen LogP contribution < -0.4 is 19.7 Å². The Kier molecular flexibility index (Phi) is 5.59. The first-order valence-corrected chi connectivity index (χ1v) is 7.27. The van der Waals surface area contributed by atoms with Gasteiger partial charge in [0.15, 0.2) is 12.4 Å². The van der Waals surface area contributed by atoms with E-state index in [0.717, 1.165) is 22.0 Å². The number of carbonyl (C=O) groups is 1. The van der Waals surface area contributed by atoms with Gasteiger partial charge in [-0.3, -0.25) is 4.79 Å². The van der Waals surface area contributed by atoms with E-state index in [9.17, 15) is 4.79 Å². The fourth-order valence-corrected chi connectivity index (χ4v) is 2.27. The smallest absolute Gasteiger partial charge is 0.280 e. The number of ether oxygens (including phenoxy) is 2. The Balaban J connectivity index is 1.93. The fourth-order valence-electron chi connectivity index (χ4n) is 2.27. The van der Waals surface area contributed by atoms with Crippen LogP contribution in [0.4, 0.5) is 5.82 Å². The van der Waals surface area contributed by atoms with Gasteiger partial charge in [0.2, 0.25) is 0 Å². The third-order valence-corrected chi connectivity index (χ3v) is 3.34. The second-order valence-corrected chi connectivity index (χ2v) is 5.36. The zero-order valence-electron chi connectivity index (χ0n) is 13.8. The van der Waals surface area contributed by atoms with Gasteiger partial charge in [0.05, 0.1) is 21.3 Å². The minimum absolute atomic E-state index is 0.122. The molecule has 0 aliphatic carbocycles. The van der Waals surface area contributed by atoms with Crippen LogP contribution in [0.3, 0.4) is 0 Å². The van der Waals surface area contributed by atoms with Crippen LogP contribution >= 0.6 is 0 Å². The molecule has 0 aliphatic rings. The zero-order valence-corrected chi connectivity index (χ0v) is 13.8. The molecule has 0 fully saturated rings. The summed E-state index contributed by atoms with van der Waals surface area (Å²) >= 11 is 0. The van der Waals surface area contributed by atoms with Crippen LogP contribution in [0, 0.1) is 6.92 Å². The quantitative estimate of drug-likeness (QED) is 0.783. The summed E-state index contributed by atoms with van der Waals surface area (Å²) in [5, 5.41) is 6.45. The maximum absolute atomic E-state index is 12.0. The average Bonchev–Trinajstić information content (AvgIpc) is 2.92. The summed E-state index contributed by atoms with van der Waals surface area (Å²) < 4.78 is 15.5. The highest BCUT2D eigenvalue weighted by Gasteiger charge is 2.15. The van der Waals surface area contributed by atoms with Gasteiger partial charge in [-0.2, -0.15) is 0 Å². The van der Waals surface area contributed by atoms with E-state index in [2.05, 4.69) is 10.5 Å². The number of hydrogen-bond acceptors (Lipinski definition) is 5. The number of anilines is 1. The van der Waals surface area contributed by atoms with Gasteiger partial charge in [0.25, 0.3) is 5.91 Å². The van der Waals surface area contributed by atoms with Gasteiger partial charge < -0.3 is 24.2 Å². The van der Waals surface area contributed by atoms with E-state index < -0.39 is 0 Å². The molecule has 7 heteroatoms. The number of amides is 1. The molecule has 1 aromatic carbocycles. The lowest BCUT2D eigenvalue weighted by Crippen LogP contribution is -3.08. The molecule has 0 radical (unpaired) electrons. The van der Waals surface area contributed by atoms with E-state index in [-0.39, 0.29) is 5.91 Å². The largest absolute Gasteiger partial charge is 0.497 e. The lowest BCUT2D eigenvalue weighted by molar-refractivity contribution is -0.885. The Bertz CT molecular complexity index is 669. The molecule has 1 unspecified atom stereocenters. The maximum atomic E-state index is 12.0. The number of likely N-dealkylation sites (N-methyl/N-ethyl adjacent to an activating group) is 1. The molecule has 0 bridgehead atoms. The maximum Gasteiger partial charge on any atom is 0.280 e. The molecule has 0 aliphatic heterocycles. The first-order valence-electron chi connectivity index (χ1n) is 7.27. The van der Waals surface area contributed by atoms with Crippen LogP contribution in [0.5, 0.6) is 11.5 Å². The number of nitrogens with zero attached hydrogens (tertiary/aromatic N) is 1. The Morgan fingerprint density at radius 2 is 2.09 bits per heavy atom. The molecule has 0 saturated carbocycles. The van der Waals surface area contributed by atoms with Crippen molar-refractivity contribution in [1.29, 1.82) is 0 Å². The van der Waals surface area contributed by atoms with Crippen LogP contribution in [0.25, 0.3) is 0 Å². The second-order valence-electron chi connectivity index (χ2n) is 5.36. The first-order chi connectivity index (χ1) is 11.0. The minimum atomic E-state index is -0.122. The fraction of sp³-hybridized carbons (Fsp3) is 0.375. The van der Waals surface area contributed by atoms with Gasteiger partial charge in [-0.1, -0.05) is 5.16 Å². The van der Waals surface area contributed by atoms with Crippen LogP contribution in [0.1, 0.15) is 11.3 Å². The number of benzene rings is 1. The molecule has 2 N–H and O–H groups in total. The highest BCUT2D eigenvalue weighted by Crippen LogP contribution is 2.23. The predicted octanol–water partition coefficient (Wildman–Crippen LogP) is 0.654. The van der Waals surface area contributed by atoms with Crippen molar-refractivity contribution in [2.45, 2.75) is 13.5 Å². The van der Waals surface area contributed by atoms with Crippen molar-refractivity contribution in [3.05, 3.63) is 35.6 Å². The standard InChI is InChI=1S/C16H21N3O4/c1-11-7-15(18-23-11)17-16(20)10-19(2)9-12-5-6-13(21-3)8-14(12)22-4/h5-8H,9-10H2,1-4H3,(H,17,18,20)/p+1. The number of aryl methyl sites for hydroxylation is 1. The molecule has 1 aromatic heterocycles. The summed E-state index contributed by atoms with van der Waals surface area (Å²) in [4.78, 5) is 13.0. The van der Waals surface area contributed by atoms with E-state index in [1.807, 2.05) is 25.2 Å². The van der Waals surface area contributed by atoms with Crippen molar-refractivity contribution < 1.29 is 23.7 Å². The summed E-state index contributed by atoms with van der Waals surface area (Å²) in [6, 6.07) is 7.34. The number of hydrogen-bond donors (Lipinski definition) is 2. The van der Waals surface area contributed by atoms with Gasteiger partial charge in [-0.05, 0) is 19.1 Å². The van der Waals surface area contributed by atoms with Gasteiger partial charge >= 0.3 is 0 Å². The predicted molar refractivity (Wildman–Crippen MR) is 84.9 cm³/mol. The number of nitrogens with one attached hydrogen (secondary N) is 2. The molecule has 2 rings (SSSR count). The molecule has 1 amide bonds. The van der Waals surface area contributed by atoms with E-state index >= 15 is 0 Å². The Morgan fingerprint density at radius 3 is 2.70 bits per heavy atom. The second kappa shape index (κ2) is 7.64. The van der Waals surface area contributed by atoms with Crippen LogP contribution in [-0.2, 0) is 11.3 Å².